The van der Waals surface area contributed by atoms with Crippen LogP contribution in [0.4, 0.5) is 0 Å². The topological polar surface area (TPSA) is 44.1 Å². The molecule has 3 nitrogen and oxygen atoms in total. The van der Waals surface area contributed by atoms with Crippen LogP contribution in [-0.2, 0) is 11.2 Å². The molecule has 0 N–H and O–H groups in total. The van der Waals surface area contributed by atoms with E-state index in [9.17, 15) is 10.1 Å². The molecule has 1 fully saturated rings. The van der Waals surface area contributed by atoms with Crippen molar-refractivity contribution in [1.82, 2.24) is 4.90 Å². The van der Waals surface area contributed by atoms with Crippen molar-refractivity contribution in [3.8, 4) is 6.07 Å². The molecule has 0 aliphatic heterocycles. The van der Waals surface area contributed by atoms with E-state index in [2.05, 4.69) is 13.0 Å². The first-order chi connectivity index (χ1) is 10.1. The highest BCUT2D eigenvalue weighted by atomic mass is 16.2. The quantitative estimate of drug-likeness (QED) is 0.850. The molecule has 1 amide bonds. The Morgan fingerprint density at radius 2 is 2.10 bits per heavy atom. The van der Waals surface area contributed by atoms with E-state index in [-0.39, 0.29) is 5.91 Å². The van der Waals surface area contributed by atoms with Gasteiger partial charge in [0.2, 0.25) is 5.91 Å². The Bertz CT molecular complexity index is 506. The number of nitrogens with zero attached hydrogens (tertiary/aromatic N) is 2. The number of carbonyl (C=O) groups is 1. The van der Waals surface area contributed by atoms with Gasteiger partial charge in [-0.05, 0) is 30.7 Å². The standard InChI is InChI=1S/C18H24N2O/c1-14-7-6-10-17(11-14)20(2)18(21)16(13-19)12-15-8-4-3-5-9-15/h3-5,8-9,14,16-17H,6-7,10-12H2,1-2H3. The zero-order valence-electron chi connectivity index (χ0n) is 13.0. The first-order valence-corrected chi connectivity index (χ1v) is 7.82. The van der Waals surface area contributed by atoms with Crippen LogP contribution in [0.3, 0.4) is 0 Å². The molecule has 1 aromatic carbocycles. The Balaban J connectivity index is 2.00. The fraction of sp³-hybridized carbons (Fsp3) is 0.556. The van der Waals surface area contributed by atoms with E-state index in [1.807, 2.05) is 42.3 Å². The third-order valence-electron chi connectivity index (χ3n) is 4.54. The van der Waals surface area contributed by atoms with Gasteiger partial charge in [-0.1, -0.05) is 50.1 Å². The fourth-order valence-electron chi connectivity index (χ4n) is 3.22. The summed E-state index contributed by atoms with van der Waals surface area (Å²) in [6.07, 6.45) is 5.06. The molecular formula is C18H24N2O. The summed E-state index contributed by atoms with van der Waals surface area (Å²) in [6, 6.07) is 12.3. The molecule has 0 bridgehead atoms. The van der Waals surface area contributed by atoms with Crippen LogP contribution in [0.2, 0.25) is 0 Å². The van der Waals surface area contributed by atoms with Gasteiger partial charge in [-0.2, -0.15) is 5.26 Å². The third kappa shape index (κ3) is 4.07. The van der Waals surface area contributed by atoms with Crippen LogP contribution in [0.15, 0.2) is 30.3 Å². The molecule has 3 heteroatoms. The van der Waals surface area contributed by atoms with Crippen molar-refractivity contribution >= 4 is 5.91 Å². The molecule has 0 radical (unpaired) electrons. The molecule has 1 aromatic rings. The molecule has 112 valence electrons. The number of hydrogen-bond acceptors (Lipinski definition) is 2. The normalized spacial score (nSPS) is 23.1. The third-order valence-corrected chi connectivity index (χ3v) is 4.54. The van der Waals surface area contributed by atoms with Crippen molar-refractivity contribution in [3.63, 3.8) is 0 Å². The van der Waals surface area contributed by atoms with Crippen molar-refractivity contribution in [3.05, 3.63) is 35.9 Å². The minimum Gasteiger partial charge on any atom is -0.342 e. The van der Waals surface area contributed by atoms with E-state index < -0.39 is 5.92 Å². The monoisotopic (exact) mass is 284 g/mol. The second-order valence-electron chi connectivity index (χ2n) is 6.25. The summed E-state index contributed by atoms with van der Waals surface area (Å²) < 4.78 is 0. The van der Waals surface area contributed by atoms with Gasteiger partial charge in [-0.25, -0.2) is 0 Å². The molecule has 0 heterocycles. The molecule has 1 saturated carbocycles. The lowest BCUT2D eigenvalue weighted by atomic mass is 9.86. The Kier molecular flexibility index (Phi) is 5.38. The van der Waals surface area contributed by atoms with E-state index in [0.29, 0.717) is 18.4 Å². The Hall–Kier alpha value is -1.82. The highest BCUT2D eigenvalue weighted by Gasteiger charge is 2.29. The summed E-state index contributed by atoms with van der Waals surface area (Å²) in [6.45, 7) is 2.25. The molecule has 21 heavy (non-hydrogen) atoms. The molecule has 0 aromatic heterocycles. The number of rotatable bonds is 4. The van der Waals surface area contributed by atoms with Crippen LogP contribution in [0.25, 0.3) is 0 Å². The maximum atomic E-state index is 12.6. The molecular weight excluding hydrogens is 260 g/mol. The number of benzene rings is 1. The van der Waals surface area contributed by atoms with E-state index >= 15 is 0 Å². The van der Waals surface area contributed by atoms with Crippen LogP contribution in [0.5, 0.6) is 0 Å². The van der Waals surface area contributed by atoms with Gasteiger partial charge >= 0.3 is 0 Å². The summed E-state index contributed by atoms with van der Waals surface area (Å²) in [4.78, 5) is 14.4. The predicted molar refractivity (Wildman–Crippen MR) is 83.4 cm³/mol. The second-order valence-corrected chi connectivity index (χ2v) is 6.25. The first-order valence-electron chi connectivity index (χ1n) is 7.82. The van der Waals surface area contributed by atoms with Gasteiger partial charge in [0.25, 0.3) is 0 Å². The van der Waals surface area contributed by atoms with Gasteiger partial charge in [-0.3, -0.25) is 4.79 Å². The van der Waals surface area contributed by atoms with Crippen molar-refractivity contribution in [2.75, 3.05) is 7.05 Å². The van der Waals surface area contributed by atoms with E-state index in [1.165, 1.54) is 12.8 Å². The van der Waals surface area contributed by atoms with Crippen molar-refractivity contribution in [1.29, 1.82) is 5.26 Å². The average Bonchev–Trinajstić information content (AvgIpc) is 2.52. The number of hydrogen-bond donors (Lipinski definition) is 0. The zero-order chi connectivity index (χ0) is 15.2. The maximum absolute atomic E-state index is 12.6. The van der Waals surface area contributed by atoms with Gasteiger partial charge in [0, 0.05) is 13.1 Å². The van der Waals surface area contributed by atoms with Gasteiger partial charge < -0.3 is 4.90 Å². The minimum absolute atomic E-state index is 0.0274. The Labute approximate surface area is 127 Å². The Morgan fingerprint density at radius 3 is 2.71 bits per heavy atom. The molecule has 1 aliphatic carbocycles. The number of amides is 1. The lowest BCUT2D eigenvalue weighted by Crippen LogP contribution is -2.43. The lowest BCUT2D eigenvalue weighted by molar-refractivity contribution is -0.135. The highest BCUT2D eigenvalue weighted by Crippen LogP contribution is 2.27. The van der Waals surface area contributed by atoms with Gasteiger partial charge in [-0.15, -0.1) is 0 Å². The predicted octanol–water partition coefficient (Wildman–Crippen LogP) is 3.41. The first kappa shape index (κ1) is 15.6. The number of carbonyl (C=O) groups excluding carboxylic acids is 1. The largest absolute Gasteiger partial charge is 0.342 e. The van der Waals surface area contributed by atoms with Gasteiger partial charge in [0.05, 0.1) is 6.07 Å². The molecule has 3 unspecified atom stereocenters. The van der Waals surface area contributed by atoms with Crippen molar-refractivity contribution < 1.29 is 4.79 Å². The highest BCUT2D eigenvalue weighted by molar-refractivity contribution is 5.81. The molecule has 0 spiro atoms. The molecule has 3 atom stereocenters. The van der Waals surface area contributed by atoms with E-state index in [1.54, 1.807) is 0 Å². The molecule has 0 saturated heterocycles. The van der Waals surface area contributed by atoms with E-state index in [0.717, 1.165) is 18.4 Å². The smallest absolute Gasteiger partial charge is 0.240 e. The summed E-state index contributed by atoms with van der Waals surface area (Å²) in [5.74, 6) is 0.0729. The molecule has 2 rings (SSSR count). The molecule has 1 aliphatic rings. The van der Waals surface area contributed by atoms with Crippen LogP contribution >= 0.6 is 0 Å². The Morgan fingerprint density at radius 1 is 1.38 bits per heavy atom. The minimum atomic E-state index is -0.574. The zero-order valence-corrected chi connectivity index (χ0v) is 13.0. The fourth-order valence-corrected chi connectivity index (χ4v) is 3.22. The number of nitriles is 1. The van der Waals surface area contributed by atoms with Crippen molar-refractivity contribution in [2.45, 2.75) is 45.1 Å². The summed E-state index contributed by atoms with van der Waals surface area (Å²) in [5.41, 5.74) is 1.04. The summed E-state index contributed by atoms with van der Waals surface area (Å²) >= 11 is 0. The summed E-state index contributed by atoms with van der Waals surface area (Å²) in [5, 5.41) is 9.36. The van der Waals surface area contributed by atoms with Crippen LogP contribution in [-0.4, -0.2) is 23.9 Å². The van der Waals surface area contributed by atoms with Gasteiger partial charge in [0.15, 0.2) is 0 Å². The van der Waals surface area contributed by atoms with E-state index in [4.69, 9.17) is 0 Å². The second kappa shape index (κ2) is 7.26. The van der Waals surface area contributed by atoms with Crippen molar-refractivity contribution in [2.24, 2.45) is 11.8 Å². The van der Waals surface area contributed by atoms with Gasteiger partial charge in [0.1, 0.15) is 5.92 Å². The van der Waals surface area contributed by atoms with Crippen LogP contribution < -0.4 is 0 Å². The maximum Gasteiger partial charge on any atom is 0.240 e. The average molecular weight is 284 g/mol. The lowest BCUT2D eigenvalue weighted by Gasteiger charge is -2.35. The van der Waals surface area contributed by atoms with Crippen LogP contribution in [0.1, 0.15) is 38.2 Å². The SMILES string of the molecule is CC1CCCC(N(C)C(=O)C(C#N)Cc2ccccc2)C1. The summed E-state index contributed by atoms with van der Waals surface area (Å²) in [7, 11) is 1.86. The van der Waals surface area contributed by atoms with Crippen LogP contribution in [0, 0.1) is 23.2 Å².